The van der Waals surface area contributed by atoms with Gasteiger partial charge in [-0.2, -0.15) is 10.7 Å². The van der Waals surface area contributed by atoms with Crippen LogP contribution in [0.1, 0.15) is 12.8 Å². The van der Waals surface area contributed by atoms with Gasteiger partial charge < -0.3 is 24.4 Å². The van der Waals surface area contributed by atoms with Gasteiger partial charge in [0.05, 0.1) is 64.1 Å². The summed E-state index contributed by atoms with van der Waals surface area (Å²) in [5, 5.41) is 17.3. The van der Waals surface area contributed by atoms with E-state index in [4.69, 9.17) is 9.47 Å². The van der Waals surface area contributed by atoms with Gasteiger partial charge in [0, 0.05) is 31.7 Å². The number of β-amino-alcohol motifs (C(OH)–C–C–N with tert-alkyl or cyclic N) is 1. The minimum Gasteiger partial charge on any atom is -0.497 e. The van der Waals surface area contributed by atoms with E-state index in [0.29, 0.717) is 32.6 Å². The number of benzene rings is 3. The van der Waals surface area contributed by atoms with Gasteiger partial charge in [-0.3, -0.25) is 5.43 Å². The molecule has 0 radical (unpaired) electrons. The monoisotopic (exact) mass is 548 g/mol. The Balaban J connectivity index is 1.15. The van der Waals surface area contributed by atoms with E-state index in [1.807, 2.05) is 60.7 Å². The minimum absolute atomic E-state index is 0.372. The molecule has 11 heteroatoms. The first-order chi connectivity index (χ1) is 19.1. The summed E-state index contributed by atoms with van der Waals surface area (Å²) in [6.45, 7) is 3.39. The summed E-state index contributed by atoms with van der Waals surface area (Å²) in [7, 11) is 0.350. The van der Waals surface area contributed by atoms with Crippen LogP contribution in [-0.4, -0.2) is 61.2 Å². The smallest absolute Gasteiger partial charge is 0.144 e. The number of hydrazone groups is 1. The van der Waals surface area contributed by atoms with Crippen LogP contribution < -0.4 is 30.6 Å². The fraction of sp³-hybridized carbons (Fsp3) is 0.321. The lowest BCUT2D eigenvalue weighted by atomic mass is 10.1. The maximum Gasteiger partial charge on any atom is 0.144 e. The number of anilines is 4. The van der Waals surface area contributed by atoms with Gasteiger partial charge in [0.15, 0.2) is 0 Å². The summed E-state index contributed by atoms with van der Waals surface area (Å²) in [5.74, 6) is 1.52. The molecule has 2 unspecified atom stereocenters. The van der Waals surface area contributed by atoms with E-state index in [0.717, 1.165) is 57.2 Å². The summed E-state index contributed by atoms with van der Waals surface area (Å²) in [6.07, 6.45) is 0.427. The van der Waals surface area contributed by atoms with Crippen molar-refractivity contribution in [2.45, 2.75) is 28.7 Å². The first kappa shape index (κ1) is 25.5. The molecule has 3 aromatic carbocycles. The quantitative estimate of drug-likeness (QED) is 0.392. The molecule has 39 heavy (non-hydrogen) atoms. The summed E-state index contributed by atoms with van der Waals surface area (Å²) in [5.41, 5.74) is 9.90. The van der Waals surface area contributed by atoms with Crippen molar-refractivity contribution in [2.75, 3.05) is 54.9 Å². The molecule has 6 rings (SSSR count). The number of fused-ring (bicyclic) bond motifs is 2. The third kappa shape index (κ3) is 5.25. The summed E-state index contributed by atoms with van der Waals surface area (Å²) in [4.78, 5) is 5.91. The number of hydrogen-bond acceptors (Lipinski definition) is 10. The van der Waals surface area contributed by atoms with Gasteiger partial charge in [-0.25, -0.2) is 4.21 Å². The summed E-state index contributed by atoms with van der Waals surface area (Å²) < 4.78 is 24.2. The van der Waals surface area contributed by atoms with Gasteiger partial charge in [0.2, 0.25) is 0 Å². The molecule has 3 aliphatic heterocycles. The van der Waals surface area contributed by atoms with Crippen LogP contribution >= 0.6 is 0 Å². The number of hydrazine groups is 2. The second-order valence-electron chi connectivity index (χ2n) is 9.59. The number of nitrogens with one attached hydrogen (secondary N) is 2. The van der Waals surface area contributed by atoms with Gasteiger partial charge in [-0.1, -0.05) is 12.1 Å². The first-order valence-electron chi connectivity index (χ1n) is 13.1. The van der Waals surface area contributed by atoms with E-state index in [2.05, 4.69) is 31.9 Å². The molecular formula is C28H32N6O4S. The number of aliphatic hydroxyl groups is 1. The molecule has 1 saturated heterocycles. The Morgan fingerprint density at radius 1 is 1.03 bits per heavy atom. The van der Waals surface area contributed by atoms with Crippen LogP contribution in [0.4, 0.5) is 22.7 Å². The van der Waals surface area contributed by atoms with E-state index >= 15 is 0 Å². The van der Waals surface area contributed by atoms with Crippen LogP contribution in [0.2, 0.25) is 0 Å². The average Bonchev–Trinajstić information content (AvgIpc) is 3.47. The summed E-state index contributed by atoms with van der Waals surface area (Å²) in [6, 6.07) is 21.4. The fourth-order valence-electron chi connectivity index (χ4n) is 5.03. The zero-order chi connectivity index (χ0) is 26.8. The third-order valence-corrected chi connectivity index (χ3v) is 8.62. The average molecular weight is 549 g/mol. The van der Waals surface area contributed by atoms with E-state index in [1.54, 1.807) is 12.2 Å². The van der Waals surface area contributed by atoms with Crippen LogP contribution in [0.15, 0.2) is 81.6 Å². The highest BCUT2D eigenvalue weighted by Gasteiger charge is 2.30. The van der Waals surface area contributed by atoms with Crippen molar-refractivity contribution in [3.05, 3.63) is 66.7 Å². The Kier molecular flexibility index (Phi) is 7.27. The van der Waals surface area contributed by atoms with Crippen molar-refractivity contribution >= 4 is 39.4 Å². The molecule has 0 spiro atoms. The molecule has 0 aliphatic carbocycles. The van der Waals surface area contributed by atoms with Crippen molar-refractivity contribution in [3.63, 3.8) is 0 Å². The van der Waals surface area contributed by atoms with Crippen LogP contribution in [0.5, 0.6) is 5.75 Å². The molecule has 0 bridgehead atoms. The van der Waals surface area contributed by atoms with E-state index in [9.17, 15) is 9.32 Å². The summed E-state index contributed by atoms with van der Waals surface area (Å²) >= 11 is 0. The van der Waals surface area contributed by atoms with Crippen molar-refractivity contribution in [1.29, 1.82) is 0 Å². The molecule has 3 aromatic rings. The lowest BCUT2D eigenvalue weighted by Gasteiger charge is -2.36. The number of aliphatic hydroxyl groups excluding tert-OH is 1. The lowest BCUT2D eigenvalue weighted by molar-refractivity contribution is 0.122. The zero-order valence-corrected chi connectivity index (χ0v) is 22.6. The molecule has 0 saturated carbocycles. The molecule has 3 heterocycles. The van der Waals surface area contributed by atoms with E-state index in [1.165, 1.54) is 0 Å². The lowest BCUT2D eigenvalue weighted by Crippen LogP contribution is -2.41. The first-order valence-corrected chi connectivity index (χ1v) is 14.2. The number of amidine groups is 1. The van der Waals surface area contributed by atoms with Crippen molar-refractivity contribution < 1.29 is 18.8 Å². The molecular weight excluding hydrogens is 516 g/mol. The third-order valence-electron chi connectivity index (χ3n) is 7.13. The van der Waals surface area contributed by atoms with Crippen molar-refractivity contribution in [1.82, 2.24) is 11.0 Å². The molecule has 3 N–H and O–H groups in total. The zero-order valence-electron chi connectivity index (χ0n) is 21.7. The minimum atomic E-state index is -1.29. The standard InChI is InChI=1S/C28H32N6O4S/c1-37-23-10-6-20(7-11-23)34-30-28(29-31-34)13-9-22(35)19-33-24-4-2-3-5-26(24)39(36)27-12-8-21(18-25(27)33)32-14-16-38-17-15-32/h2-8,10-12,18,22,31,35H,9,13-17,19H2,1H3,(H,29,30). The highest BCUT2D eigenvalue weighted by atomic mass is 32.2. The Morgan fingerprint density at radius 3 is 2.56 bits per heavy atom. The number of hydrogen-bond donors (Lipinski definition) is 3. The highest BCUT2D eigenvalue weighted by molar-refractivity contribution is 7.85. The Labute approximate surface area is 230 Å². The Bertz CT molecular complexity index is 1380. The number of rotatable bonds is 8. The molecule has 1 fully saturated rings. The highest BCUT2D eigenvalue weighted by Crippen LogP contribution is 2.43. The SMILES string of the molecule is COc1ccc(N2NN=C(CCC(O)CN3c4ccccc4S(=O)c4ccc(N5CCOCC5)cc43)N2)cc1. The molecule has 0 aromatic heterocycles. The molecule has 3 aliphatic rings. The van der Waals surface area contributed by atoms with Crippen molar-refractivity contribution in [2.24, 2.45) is 5.10 Å². The Morgan fingerprint density at radius 2 is 1.77 bits per heavy atom. The van der Waals surface area contributed by atoms with Gasteiger partial charge in [-0.05, 0) is 61.0 Å². The van der Waals surface area contributed by atoms with Crippen LogP contribution in [0, 0.1) is 0 Å². The van der Waals surface area contributed by atoms with Gasteiger partial charge >= 0.3 is 0 Å². The van der Waals surface area contributed by atoms with Crippen LogP contribution in [0.3, 0.4) is 0 Å². The number of ether oxygens (including phenoxy) is 2. The molecule has 2 atom stereocenters. The second kappa shape index (κ2) is 11.1. The van der Waals surface area contributed by atoms with Gasteiger partial charge in [-0.15, -0.1) is 5.10 Å². The topological polar surface area (TPSA) is 102 Å². The van der Waals surface area contributed by atoms with Crippen molar-refractivity contribution in [3.8, 4) is 5.75 Å². The van der Waals surface area contributed by atoms with Crippen LogP contribution in [-0.2, 0) is 15.5 Å². The Hall–Kier alpha value is -3.80. The number of para-hydroxylation sites is 1. The van der Waals surface area contributed by atoms with Gasteiger partial charge in [0.25, 0.3) is 0 Å². The van der Waals surface area contributed by atoms with Crippen LogP contribution in [0.25, 0.3) is 0 Å². The maximum atomic E-state index is 13.5. The molecule has 204 valence electrons. The second-order valence-corrected chi connectivity index (χ2v) is 11.0. The normalized spacial score (nSPS) is 19.0. The van der Waals surface area contributed by atoms with Gasteiger partial charge in [0.1, 0.15) is 11.6 Å². The number of nitrogens with zero attached hydrogens (tertiary/aromatic N) is 4. The molecule has 10 nitrogen and oxygen atoms in total. The van der Waals surface area contributed by atoms with E-state index in [-0.39, 0.29) is 0 Å². The maximum absolute atomic E-state index is 13.5. The predicted molar refractivity (Wildman–Crippen MR) is 152 cm³/mol. The number of methoxy groups -OCH3 is 1. The largest absolute Gasteiger partial charge is 0.497 e. The fourth-order valence-corrected chi connectivity index (χ4v) is 6.39. The van der Waals surface area contributed by atoms with E-state index < -0.39 is 16.9 Å². The predicted octanol–water partition coefficient (Wildman–Crippen LogP) is 3.13. The number of morpholine rings is 1. The molecule has 0 amide bonds.